The third kappa shape index (κ3) is 3.04. The van der Waals surface area contributed by atoms with Crippen molar-refractivity contribution < 1.29 is 9.21 Å². The van der Waals surface area contributed by atoms with Crippen molar-refractivity contribution in [2.24, 2.45) is 0 Å². The molecule has 3 aromatic rings. The Morgan fingerprint density at radius 3 is 2.71 bits per heavy atom. The number of carbonyl (C=O) groups excluding carboxylic acids is 1. The largest absolute Gasteiger partial charge is 0.436 e. The zero-order valence-corrected chi connectivity index (χ0v) is 13.5. The Morgan fingerprint density at radius 1 is 1.12 bits per heavy atom. The van der Waals surface area contributed by atoms with E-state index in [0.717, 1.165) is 60.9 Å². The number of benzene rings is 2. The van der Waals surface area contributed by atoms with Crippen molar-refractivity contribution in [3.05, 3.63) is 54.1 Å². The van der Waals surface area contributed by atoms with Gasteiger partial charge in [0.1, 0.15) is 5.52 Å². The van der Waals surface area contributed by atoms with E-state index in [4.69, 9.17) is 4.42 Å². The van der Waals surface area contributed by atoms with Crippen LogP contribution in [-0.2, 0) is 11.2 Å². The molecular formula is C20H20N2O2. The summed E-state index contributed by atoms with van der Waals surface area (Å²) in [5.74, 6) is 0.658. The molecule has 1 aliphatic carbocycles. The molecule has 2 aromatic carbocycles. The molecule has 1 heterocycles. The van der Waals surface area contributed by atoms with Gasteiger partial charge in [-0.15, -0.1) is 0 Å². The fraction of sp³-hybridized carbons (Fsp3) is 0.300. The minimum atomic E-state index is 0.480. The molecule has 122 valence electrons. The standard InChI is InChI=1S/C20H20N2O2/c23-14-22(17-11-12-17)13-5-9-15-8-4-10-18-19(15)24-20(21-18)16-6-2-1-3-7-16/h1-4,6-8,10,14,17H,5,9,11-13H2. The second-order valence-corrected chi connectivity index (χ2v) is 6.33. The lowest BCUT2D eigenvalue weighted by atomic mass is 10.1. The number of rotatable bonds is 7. The second-order valence-electron chi connectivity index (χ2n) is 6.33. The van der Waals surface area contributed by atoms with Gasteiger partial charge in [-0.3, -0.25) is 4.79 Å². The van der Waals surface area contributed by atoms with Gasteiger partial charge in [-0.2, -0.15) is 0 Å². The van der Waals surface area contributed by atoms with Gasteiger partial charge in [0.2, 0.25) is 12.3 Å². The molecule has 0 radical (unpaired) electrons. The van der Waals surface area contributed by atoms with E-state index in [1.807, 2.05) is 47.4 Å². The molecule has 0 aliphatic heterocycles. The lowest BCUT2D eigenvalue weighted by Crippen LogP contribution is -2.25. The van der Waals surface area contributed by atoms with Gasteiger partial charge >= 0.3 is 0 Å². The Morgan fingerprint density at radius 2 is 1.96 bits per heavy atom. The first kappa shape index (κ1) is 14.9. The van der Waals surface area contributed by atoms with E-state index in [1.165, 1.54) is 0 Å². The van der Waals surface area contributed by atoms with Gasteiger partial charge in [-0.05, 0) is 49.4 Å². The molecule has 0 N–H and O–H groups in total. The Hall–Kier alpha value is -2.62. The number of aromatic nitrogens is 1. The molecule has 0 atom stereocenters. The van der Waals surface area contributed by atoms with E-state index >= 15 is 0 Å². The van der Waals surface area contributed by atoms with Gasteiger partial charge in [0.15, 0.2) is 5.58 Å². The summed E-state index contributed by atoms with van der Waals surface area (Å²) in [6, 6.07) is 16.5. The molecular weight excluding hydrogens is 300 g/mol. The SMILES string of the molecule is O=CN(CCCc1cccc2nc(-c3ccccc3)oc12)C1CC1. The van der Waals surface area contributed by atoms with Crippen molar-refractivity contribution in [1.82, 2.24) is 9.88 Å². The summed E-state index contributed by atoms with van der Waals surface area (Å²) in [7, 11) is 0. The van der Waals surface area contributed by atoms with Gasteiger partial charge in [0.25, 0.3) is 0 Å². The van der Waals surface area contributed by atoms with Crippen molar-refractivity contribution in [3.63, 3.8) is 0 Å². The molecule has 4 rings (SSSR count). The Bertz CT molecular complexity index is 837. The van der Waals surface area contributed by atoms with Crippen LogP contribution in [0.2, 0.25) is 0 Å². The maximum atomic E-state index is 11.1. The van der Waals surface area contributed by atoms with E-state index in [2.05, 4.69) is 11.1 Å². The van der Waals surface area contributed by atoms with Gasteiger partial charge in [-0.1, -0.05) is 30.3 Å². The summed E-state index contributed by atoms with van der Waals surface area (Å²) in [5.41, 5.74) is 3.89. The smallest absolute Gasteiger partial charge is 0.227 e. The summed E-state index contributed by atoms with van der Waals surface area (Å²) in [5, 5.41) is 0. The zero-order valence-electron chi connectivity index (χ0n) is 13.5. The van der Waals surface area contributed by atoms with Gasteiger partial charge in [-0.25, -0.2) is 4.98 Å². The van der Waals surface area contributed by atoms with Crippen molar-refractivity contribution in [2.75, 3.05) is 6.54 Å². The number of hydrogen-bond acceptors (Lipinski definition) is 3. The molecule has 1 aliphatic rings. The molecule has 4 heteroatoms. The monoisotopic (exact) mass is 320 g/mol. The summed E-state index contributed by atoms with van der Waals surface area (Å²) >= 11 is 0. The first-order valence-corrected chi connectivity index (χ1v) is 8.50. The Kier molecular flexibility index (Phi) is 4.03. The number of aryl methyl sites for hydroxylation is 1. The highest BCUT2D eigenvalue weighted by atomic mass is 16.3. The minimum absolute atomic E-state index is 0.480. The maximum Gasteiger partial charge on any atom is 0.227 e. The average molecular weight is 320 g/mol. The molecule has 0 bridgehead atoms. The molecule has 1 fully saturated rings. The molecule has 1 saturated carbocycles. The van der Waals surface area contributed by atoms with E-state index in [9.17, 15) is 4.79 Å². The van der Waals surface area contributed by atoms with Crippen LogP contribution in [0.5, 0.6) is 0 Å². The van der Waals surface area contributed by atoms with Gasteiger partial charge in [0.05, 0.1) is 0 Å². The summed E-state index contributed by atoms with van der Waals surface area (Å²) < 4.78 is 6.03. The Balaban J connectivity index is 1.52. The van der Waals surface area contributed by atoms with Crippen molar-refractivity contribution in [2.45, 2.75) is 31.7 Å². The van der Waals surface area contributed by atoms with Crippen LogP contribution in [0.3, 0.4) is 0 Å². The van der Waals surface area contributed by atoms with Crippen LogP contribution in [0.25, 0.3) is 22.6 Å². The fourth-order valence-corrected chi connectivity index (χ4v) is 3.09. The Labute approximate surface area is 141 Å². The fourth-order valence-electron chi connectivity index (χ4n) is 3.09. The highest BCUT2D eigenvalue weighted by Crippen LogP contribution is 2.28. The summed E-state index contributed by atoms with van der Waals surface area (Å²) in [6.07, 6.45) is 5.11. The summed E-state index contributed by atoms with van der Waals surface area (Å²) in [4.78, 5) is 17.6. The van der Waals surface area contributed by atoms with Crippen molar-refractivity contribution >= 4 is 17.5 Å². The topological polar surface area (TPSA) is 46.3 Å². The quantitative estimate of drug-likeness (QED) is 0.617. The predicted octanol–water partition coefficient (Wildman–Crippen LogP) is 4.05. The number of amides is 1. The van der Waals surface area contributed by atoms with Gasteiger partial charge < -0.3 is 9.32 Å². The highest BCUT2D eigenvalue weighted by molar-refractivity contribution is 5.79. The van der Waals surface area contributed by atoms with Gasteiger partial charge in [0, 0.05) is 18.2 Å². The summed E-state index contributed by atoms with van der Waals surface area (Å²) in [6.45, 7) is 0.810. The van der Waals surface area contributed by atoms with Crippen LogP contribution in [0, 0.1) is 0 Å². The van der Waals surface area contributed by atoms with Crippen molar-refractivity contribution in [3.8, 4) is 11.5 Å². The highest BCUT2D eigenvalue weighted by Gasteiger charge is 2.27. The van der Waals surface area contributed by atoms with Crippen LogP contribution in [-0.4, -0.2) is 28.9 Å². The average Bonchev–Trinajstić information content (AvgIpc) is 3.37. The third-order valence-corrected chi connectivity index (χ3v) is 4.53. The van der Waals surface area contributed by atoms with E-state index < -0.39 is 0 Å². The number of hydrogen-bond donors (Lipinski definition) is 0. The second kappa shape index (κ2) is 6.48. The normalized spacial score (nSPS) is 14.0. The number of oxazole rings is 1. The first-order valence-electron chi connectivity index (χ1n) is 8.50. The molecule has 4 nitrogen and oxygen atoms in total. The number of para-hydroxylation sites is 1. The molecule has 1 amide bonds. The van der Waals surface area contributed by atoms with E-state index in [-0.39, 0.29) is 0 Å². The van der Waals surface area contributed by atoms with Crippen LogP contribution < -0.4 is 0 Å². The lowest BCUT2D eigenvalue weighted by molar-refractivity contribution is -0.118. The molecule has 0 saturated heterocycles. The first-order chi connectivity index (χ1) is 11.8. The lowest BCUT2D eigenvalue weighted by Gasteiger charge is -2.15. The number of carbonyl (C=O) groups is 1. The van der Waals surface area contributed by atoms with Crippen LogP contribution in [0.4, 0.5) is 0 Å². The molecule has 1 aromatic heterocycles. The molecule has 24 heavy (non-hydrogen) atoms. The zero-order chi connectivity index (χ0) is 16.4. The van der Waals surface area contributed by atoms with E-state index in [0.29, 0.717) is 11.9 Å². The third-order valence-electron chi connectivity index (χ3n) is 4.53. The van der Waals surface area contributed by atoms with E-state index in [1.54, 1.807) is 0 Å². The van der Waals surface area contributed by atoms with Crippen molar-refractivity contribution in [1.29, 1.82) is 0 Å². The van der Waals surface area contributed by atoms with Crippen LogP contribution >= 0.6 is 0 Å². The minimum Gasteiger partial charge on any atom is -0.436 e. The molecule has 0 unspecified atom stereocenters. The van der Waals surface area contributed by atoms with Crippen LogP contribution in [0.15, 0.2) is 52.9 Å². The predicted molar refractivity (Wildman–Crippen MR) is 93.6 cm³/mol. The maximum absolute atomic E-state index is 11.1. The van der Waals surface area contributed by atoms with Crippen LogP contribution in [0.1, 0.15) is 24.8 Å². The number of fused-ring (bicyclic) bond motifs is 1. The molecule has 0 spiro atoms. The number of nitrogens with zero attached hydrogens (tertiary/aromatic N) is 2.